The van der Waals surface area contributed by atoms with Gasteiger partial charge in [-0.15, -0.1) is 0 Å². The molecule has 1 saturated heterocycles. The summed E-state index contributed by atoms with van der Waals surface area (Å²) >= 11 is 5.58. The predicted octanol–water partition coefficient (Wildman–Crippen LogP) is 3.87. The van der Waals surface area contributed by atoms with E-state index in [0.717, 1.165) is 4.47 Å². The van der Waals surface area contributed by atoms with Crippen molar-refractivity contribution in [3.63, 3.8) is 0 Å². The lowest BCUT2D eigenvalue weighted by Gasteiger charge is -2.22. The zero-order chi connectivity index (χ0) is 11.0. The van der Waals surface area contributed by atoms with E-state index in [-0.39, 0.29) is 0 Å². The first-order valence-electron chi connectivity index (χ1n) is 5.55. The number of halogens is 1. The van der Waals surface area contributed by atoms with Crippen molar-refractivity contribution in [2.24, 2.45) is 0 Å². The third-order valence-electron chi connectivity index (χ3n) is 3.10. The van der Waals surface area contributed by atoms with Crippen molar-refractivity contribution in [2.75, 3.05) is 11.5 Å². The van der Waals surface area contributed by atoms with E-state index in [1.54, 1.807) is 0 Å². The van der Waals surface area contributed by atoms with Gasteiger partial charge in [-0.1, -0.05) is 22.0 Å². The summed E-state index contributed by atoms with van der Waals surface area (Å²) in [5.74, 6) is 2.53. The van der Waals surface area contributed by atoms with Crippen molar-refractivity contribution in [1.82, 2.24) is 9.78 Å². The van der Waals surface area contributed by atoms with Crippen molar-refractivity contribution >= 4 is 38.6 Å². The molecule has 0 radical (unpaired) electrons. The molecule has 0 N–H and O–H groups in total. The second-order valence-electron chi connectivity index (χ2n) is 4.14. The molecule has 4 heteroatoms. The molecule has 0 saturated carbocycles. The Hall–Kier alpha value is -0.480. The molecule has 0 unspecified atom stereocenters. The lowest BCUT2D eigenvalue weighted by atomic mass is 10.1. The summed E-state index contributed by atoms with van der Waals surface area (Å²) in [6.45, 7) is 0. The number of aromatic nitrogens is 2. The Morgan fingerprint density at radius 3 is 2.94 bits per heavy atom. The van der Waals surface area contributed by atoms with Crippen LogP contribution in [0.5, 0.6) is 0 Å². The second-order valence-corrected chi connectivity index (χ2v) is 6.28. The van der Waals surface area contributed by atoms with E-state index in [1.807, 2.05) is 6.20 Å². The number of rotatable bonds is 1. The van der Waals surface area contributed by atoms with E-state index in [1.165, 1.54) is 35.3 Å². The lowest BCUT2D eigenvalue weighted by Crippen LogP contribution is -2.16. The largest absolute Gasteiger partial charge is 0.262 e. The van der Waals surface area contributed by atoms with Gasteiger partial charge in [0.25, 0.3) is 0 Å². The summed E-state index contributed by atoms with van der Waals surface area (Å²) in [6, 6.07) is 6.96. The van der Waals surface area contributed by atoms with Crippen LogP contribution in [0.1, 0.15) is 18.9 Å². The minimum Gasteiger partial charge on any atom is -0.262 e. The SMILES string of the molecule is Brc1ccc2cnn(C3CCSCC3)c2c1. The van der Waals surface area contributed by atoms with E-state index >= 15 is 0 Å². The van der Waals surface area contributed by atoms with Crippen LogP contribution in [0, 0.1) is 0 Å². The summed E-state index contributed by atoms with van der Waals surface area (Å²) in [5, 5.41) is 5.78. The molecular formula is C12H13BrN2S. The molecule has 2 nitrogen and oxygen atoms in total. The van der Waals surface area contributed by atoms with Gasteiger partial charge in [-0.25, -0.2) is 0 Å². The molecule has 2 aromatic rings. The van der Waals surface area contributed by atoms with Crippen molar-refractivity contribution in [3.05, 3.63) is 28.9 Å². The van der Waals surface area contributed by atoms with E-state index in [0.29, 0.717) is 6.04 Å². The van der Waals surface area contributed by atoms with Gasteiger partial charge in [0, 0.05) is 9.86 Å². The van der Waals surface area contributed by atoms with Gasteiger partial charge in [-0.05, 0) is 36.5 Å². The molecule has 2 heterocycles. The van der Waals surface area contributed by atoms with E-state index in [9.17, 15) is 0 Å². The number of fused-ring (bicyclic) bond motifs is 1. The quantitative estimate of drug-likeness (QED) is 0.795. The molecule has 1 aromatic carbocycles. The Balaban J connectivity index is 2.05. The first-order valence-corrected chi connectivity index (χ1v) is 7.50. The van der Waals surface area contributed by atoms with Crippen LogP contribution >= 0.6 is 27.7 Å². The Kier molecular flexibility index (Phi) is 2.94. The second kappa shape index (κ2) is 4.41. The first kappa shape index (κ1) is 10.7. The molecule has 0 aliphatic carbocycles. The Labute approximate surface area is 108 Å². The van der Waals surface area contributed by atoms with E-state index in [4.69, 9.17) is 0 Å². The number of thioether (sulfide) groups is 1. The maximum atomic E-state index is 4.55. The number of benzene rings is 1. The highest BCUT2D eigenvalue weighted by Crippen LogP contribution is 2.30. The van der Waals surface area contributed by atoms with Crippen LogP contribution in [0.15, 0.2) is 28.9 Å². The maximum Gasteiger partial charge on any atom is 0.0696 e. The number of hydrogen-bond acceptors (Lipinski definition) is 2. The number of nitrogens with zero attached hydrogens (tertiary/aromatic N) is 2. The summed E-state index contributed by atoms with van der Waals surface area (Å²) in [5.41, 5.74) is 1.26. The first-order chi connectivity index (χ1) is 7.84. The normalized spacial score (nSPS) is 18.1. The highest BCUT2D eigenvalue weighted by Gasteiger charge is 2.17. The monoisotopic (exact) mass is 296 g/mol. The fourth-order valence-electron chi connectivity index (χ4n) is 2.23. The van der Waals surface area contributed by atoms with Gasteiger partial charge in [-0.2, -0.15) is 16.9 Å². The third kappa shape index (κ3) is 1.89. The molecule has 1 fully saturated rings. The van der Waals surface area contributed by atoms with Gasteiger partial charge >= 0.3 is 0 Å². The van der Waals surface area contributed by atoms with Gasteiger partial charge in [0.15, 0.2) is 0 Å². The maximum absolute atomic E-state index is 4.55. The van der Waals surface area contributed by atoms with Crippen LogP contribution in [0.3, 0.4) is 0 Å². The Morgan fingerprint density at radius 1 is 1.31 bits per heavy atom. The zero-order valence-corrected chi connectivity index (χ0v) is 11.3. The number of hydrogen-bond donors (Lipinski definition) is 0. The fraction of sp³-hybridized carbons (Fsp3) is 0.417. The van der Waals surface area contributed by atoms with Crippen LogP contribution in [-0.2, 0) is 0 Å². The summed E-state index contributed by atoms with van der Waals surface area (Å²) in [4.78, 5) is 0. The molecule has 1 aliphatic rings. The third-order valence-corrected chi connectivity index (χ3v) is 4.64. The predicted molar refractivity (Wildman–Crippen MR) is 73.0 cm³/mol. The van der Waals surface area contributed by atoms with Crippen LogP contribution in [-0.4, -0.2) is 21.3 Å². The topological polar surface area (TPSA) is 17.8 Å². The zero-order valence-electron chi connectivity index (χ0n) is 8.90. The summed E-state index contributed by atoms with van der Waals surface area (Å²) in [7, 11) is 0. The molecule has 16 heavy (non-hydrogen) atoms. The molecular weight excluding hydrogens is 284 g/mol. The molecule has 0 atom stereocenters. The van der Waals surface area contributed by atoms with Gasteiger partial charge in [0.2, 0.25) is 0 Å². The van der Waals surface area contributed by atoms with E-state index in [2.05, 4.69) is 55.7 Å². The van der Waals surface area contributed by atoms with Crippen LogP contribution in [0.2, 0.25) is 0 Å². The molecule has 1 aromatic heterocycles. The summed E-state index contributed by atoms with van der Waals surface area (Å²) < 4.78 is 3.34. The van der Waals surface area contributed by atoms with Gasteiger partial charge in [0.05, 0.1) is 17.8 Å². The Bertz CT molecular complexity index is 503. The van der Waals surface area contributed by atoms with Gasteiger partial charge in [0.1, 0.15) is 0 Å². The highest BCUT2D eigenvalue weighted by molar-refractivity contribution is 9.10. The average Bonchev–Trinajstić information content (AvgIpc) is 2.73. The molecule has 84 valence electrons. The van der Waals surface area contributed by atoms with Crippen LogP contribution in [0.4, 0.5) is 0 Å². The van der Waals surface area contributed by atoms with Crippen molar-refractivity contribution < 1.29 is 0 Å². The minimum absolute atomic E-state index is 0.591. The summed E-state index contributed by atoms with van der Waals surface area (Å²) in [6.07, 6.45) is 4.46. The minimum atomic E-state index is 0.591. The fourth-order valence-corrected chi connectivity index (χ4v) is 3.66. The average molecular weight is 297 g/mol. The highest BCUT2D eigenvalue weighted by atomic mass is 79.9. The molecule has 0 spiro atoms. The smallest absolute Gasteiger partial charge is 0.0696 e. The van der Waals surface area contributed by atoms with Gasteiger partial charge < -0.3 is 0 Å². The van der Waals surface area contributed by atoms with Crippen LogP contribution in [0.25, 0.3) is 10.9 Å². The lowest BCUT2D eigenvalue weighted by molar-refractivity contribution is 0.439. The van der Waals surface area contributed by atoms with Crippen molar-refractivity contribution in [3.8, 4) is 0 Å². The molecule has 1 aliphatic heterocycles. The Morgan fingerprint density at radius 2 is 2.12 bits per heavy atom. The molecule has 3 rings (SSSR count). The molecule has 0 amide bonds. The van der Waals surface area contributed by atoms with E-state index < -0.39 is 0 Å². The van der Waals surface area contributed by atoms with Gasteiger partial charge in [-0.3, -0.25) is 4.68 Å². The van der Waals surface area contributed by atoms with Crippen molar-refractivity contribution in [2.45, 2.75) is 18.9 Å². The standard InChI is InChI=1S/C12H13BrN2S/c13-10-2-1-9-8-14-15(12(9)7-10)11-3-5-16-6-4-11/h1-2,7-8,11H,3-6H2. The molecule has 0 bridgehead atoms. The van der Waals surface area contributed by atoms with Crippen LogP contribution < -0.4 is 0 Å². The van der Waals surface area contributed by atoms with Crippen molar-refractivity contribution in [1.29, 1.82) is 0 Å².